The third-order valence-corrected chi connectivity index (χ3v) is 4.95. The lowest BCUT2D eigenvalue weighted by Gasteiger charge is -2.16. The molecule has 0 bridgehead atoms. The van der Waals surface area contributed by atoms with Crippen LogP contribution >= 0.6 is 11.6 Å². The van der Waals surface area contributed by atoms with Gasteiger partial charge in [-0.25, -0.2) is 0 Å². The summed E-state index contributed by atoms with van der Waals surface area (Å²) in [4.78, 5) is 18.6. The Bertz CT molecular complexity index is 1040. The number of likely N-dealkylation sites (tertiary alicyclic amines) is 1. The van der Waals surface area contributed by atoms with Crippen LogP contribution in [0.4, 0.5) is 0 Å². The van der Waals surface area contributed by atoms with Crippen molar-refractivity contribution in [2.45, 2.75) is 18.9 Å². The highest BCUT2D eigenvalue weighted by Gasteiger charge is 2.34. The molecule has 2 heterocycles. The van der Waals surface area contributed by atoms with Crippen LogP contribution in [0.15, 0.2) is 53.1 Å². The minimum atomic E-state index is -0.128. The van der Waals surface area contributed by atoms with Crippen LogP contribution in [0, 0.1) is 11.3 Å². The molecule has 134 valence electrons. The van der Waals surface area contributed by atoms with Gasteiger partial charge < -0.3 is 9.42 Å². The number of amides is 1. The Morgan fingerprint density at radius 3 is 2.93 bits per heavy atom. The molecule has 1 aliphatic heterocycles. The van der Waals surface area contributed by atoms with Gasteiger partial charge in [-0.15, -0.1) is 0 Å². The van der Waals surface area contributed by atoms with Gasteiger partial charge in [-0.1, -0.05) is 41.0 Å². The summed E-state index contributed by atoms with van der Waals surface area (Å²) in [6, 6.07) is 16.6. The zero-order chi connectivity index (χ0) is 18.8. The highest BCUT2D eigenvalue weighted by Crippen LogP contribution is 2.30. The standard InChI is InChI=1S/C20H15ClN4O2/c21-17-7-2-1-5-15(17)11-25-12-16(9-18(25)26)19-23-20(27-24-19)14-6-3-4-13(8-14)10-22/h1-8,16H,9,11-12H2. The number of benzene rings is 2. The Kier molecular flexibility index (Phi) is 4.61. The van der Waals surface area contributed by atoms with E-state index in [-0.39, 0.29) is 11.8 Å². The smallest absolute Gasteiger partial charge is 0.257 e. The molecule has 4 rings (SSSR count). The Morgan fingerprint density at radius 2 is 2.11 bits per heavy atom. The van der Waals surface area contributed by atoms with E-state index in [1.807, 2.05) is 30.3 Å². The molecule has 0 radical (unpaired) electrons. The van der Waals surface area contributed by atoms with Gasteiger partial charge in [0.05, 0.1) is 11.6 Å². The van der Waals surface area contributed by atoms with E-state index in [0.29, 0.717) is 47.4 Å². The van der Waals surface area contributed by atoms with Crippen molar-refractivity contribution < 1.29 is 9.32 Å². The Hall–Kier alpha value is -3.17. The van der Waals surface area contributed by atoms with E-state index in [9.17, 15) is 4.79 Å². The fraction of sp³-hybridized carbons (Fsp3) is 0.200. The lowest BCUT2D eigenvalue weighted by Crippen LogP contribution is -2.24. The molecule has 1 aromatic heterocycles. The summed E-state index contributed by atoms with van der Waals surface area (Å²) in [5.41, 5.74) is 2.12. The topological polar surface area (TPSA) is 83.0 Å². The normalized spacial score (nSPS) is 16.5. The molecule has 1 amide bonds. The van der Waals surface area contributed by atoms with E-state index in [1.54, 1.807) is 23.1 Å². The summed E-state index contributed by atoms with van der Waals surface area (Å²) in [7, 11) is 0. The number of carbonyl (C=O) groups excluding carboxylic acids is 1. The predicted octanol–water partition coefficient (Wildman–Crippen LogP) is 3.78. The maximum Gasteiger partial charge on any atom is 0.257 e. The van der Waals surface area contributed by atoms with Crippen molar-refractivity contribution in [2.24, 2.45) is 0 Å². The van der Waals surface area contributed by atoms with Crippen LogP contribution in [0.5, 0.6) is 0 Å². The van der Waals surface area contributed by atoms with E-state index in [1.165, 1.54) is 0 Å². The van der Waals surface area contributed by atoms with Crippen molar-refractivity contribution in [1.29, 1.82) is 5.26 Å². The summed E-state index contributed by atoms with van der Waals surface area (Å²) in [6.45, 7) is 0.977. The maximum absolute atomic E-state index is 12.4. The van der Waals surface area contributed by atoms with Crippen molar-refractivity contribution in [3.05, 3.63) is 70.5 Å². The van der Waals surface area contributed by atoms with Crippen molar-refractivity contribution in [3.63, 3.8) is 0 Å². The van der Waals surface area contributed by atoms with Gasteiger partial charge in [0, 0.05) is 36.0 Å². The minimum Gasteiger partial charge on any atom is -0.338 e. The third kappa shape index (κ3) is 3.55. The molecule has 2 aromatic carbocycles. The van der Waals surface area contributed by atoms with Gasteiger partial charge in [0.15, 0.2) is 5.82 Å². The molecule has 1 aliphatic rings. The lowest BCUT2D eigenvalue weighted by molar-refractivity contribution is -0.128. The zero-order valence-electron chi connectivity index (χ0n) is 14.3. The summed E-state index contributed by atoms with van der Waals surface area (Å²) < 4.78 is 5.35. The molecule has 1 fully saturated rings. The molecule has 27 heavy (non-hydrogen) atoms. The SMILES string of the molecule is N#Cc1cccc(-c2nc(C3CC(=O)N(Cc4ccccc4Cl)C3)no2)c1. The Balaban J connectivity index is 1.50. The largest absolute Gasteiger partial charge is 0.338 e. The van der Waals surface area contributed by atoms with Crippen molar-refractivity contribution in [2.75, 3.05) is 6.54 Å². The zero-order valence-corrected chi connectivity index (χ0v) is 15.1. The van der Waals surface area contributed by atoms with Gasteiger partial charge in [0.25, 0.3) is 5.89 Å². The Labute approximate surface area is 161 Å². The first kappa shape index (κ1) is 17.3. The summed E-state index contributed by atoms with van der Waals surface area (Å²) in [5.74, 6) is 0.760. The second kappa shape index (κ2) is 7.22. The van der Waals surface area contributed by atoms with Gasteiger partial charge in [0.1, 0.15) is 0 Å². The quantitative estimate of drug-likeness (QED) is 0.689. The summed E-state index contributed by atoms with van der Waals surface area (Å²) in [5, 5.41) is 13.7. The fourth-order valence-electron chi connectivity index (χ4n) is 3.17. The first-order chi connectivity index (χ1) is 13.1. The van der Waals surface area contributed by atoms with Crippen LogP contribution in [0.1, 0.15) is 29.3 Å². The molecule has 7 heteroatoms. The number of hydrogen-bond donors (Lipinski definition) is 0. The van der Waals surface area contributed by atoms with Crippen LogP contribution in [0.25, 0.3) is 11.5 Å². The molecular weight excluding hydrogens is 364 g/mol. The van der Waals surface area contributed by atoms with E-state index < -0.39 is 0 Å². The lowest BCUT2D eigenvalue weighted by atomic mass is 10.1. The molecule has 1 unspecified atom stereocenters. The molecule has 1 saturated heterocycles. The van der Waals surface area contributed by atoms with E-state index in [4.69, 9.17) is 21.4 Å². The molecule has 0 saturated carbocycles. The van der Waals surface area contributed by atoms with Gasteiger partial charge in [0.2, 0.25) is 5.91 Å². The summed E-state index contributed by atoms with van der Waals surface area (Å²) in [6.07, 6.45) is 0.335. The highest BCUT2D eigenvalue weighted by atomic mass is 35.5. The van der Waals surface area contributed by atoms with E-state index in [0.717, 1.165) is 5.56 Å². The number of aromatic nitrogens is 2. The van der Waals surface area contributed by atoms with Crippen molar-refractivity contribution in [3.8, 4) is 17.5 Å². The second-order valence-corrected chi connectivity index (χ2v) is 6.82. The predicted molar refractivity (Wildman–Crippen MR) is 98.7 cm³/mol. The highest BCUT2D eigenvalue weighted by molar-refractivity contribution is 6.31. The first-order valence-electron chi connectivity index (χ1n) is 8.49. The van der Waals surface area contributed by atoms with Gasteiger partial charge in [-0.2, -0.15) is 10.2 Å². The molecule has 1 atom stereocenters. The van der Waals surface area contributed by atoms with Crippen molar-refractivity contribution >= 4 is 17.5 Å². The van der Waals surface area contributed by atoms with Gasteiger partial charge >= 0.3 is 0 Å². The van der Waals surface area contributed by atoms with E-state index in [2.05, 4.69) is 16.2 Å². The summed E-state index contributed by atoms with van der Waals surface area (Å²) >= 11 is 6.20. The van der Waals surface area contributed by atoms with Crippen LogP contribution in [-0.2, 0) is 11.3 Å². The second-order valence-electron chi connectivity index (χ2n) is 6.42. The number of nitriles is 1. The average molecular weight is 379 g/mol. The van der Waals surface area contributed by atoms with Gasteiger partial charge in [-0.05, 0) is 29.8 Å². The first-order valence-corrected chi connectivity index (χ1v) is 8.87. The van der Waals surface area contributed by atoms with Crippen LogP contribution in [-0.4, -0.2) is 27.5 Å². The fourth-order valence-corrected chi connectivity index (χ4v) is 3.37. The Morgan fingerprint density at radius 1 is 1.26 bits per heavy atom. The molecule has 0 N–H and O–H groups in total. The van der Waals surface area contributed by atoms with Crippen LogP contribution in [0.3, 0.4) is 0 Å². The van der Waals surface area contributed by atoms with Gasteiger partial charge in [-0.3, -0.25) is 4.79 Å². The number of nitrogens with zero attached hydrogens (tertiary/aromatic N) is 4. The average Bonchev–Trinajstić information content (AvgIpc) is 3.31. The molecule has 3 aromatic rings. The number of hydrogen-bond acceptors (Lipinski definition) is 5. The van der Waals surface area contributed by atoms with E-state index >= 15 is 0 Å². The monoisotopic (exact) mass is 378 g/mol. The molecule has 6 nitrogen and oxygen atoms in total. The number of carbonyl (C=O) groups is 1. The molecule has 0 aliphatic carbocycles. The molecular formula is C20H15ClN4O2. The minimum absolute atomic E-state index is 0.0396. The van der Waals surface area contributed by atoms with Crippen LogP contribution < -0.4 is 0 Å². The van der Waals surface area contributed by atoms with Crippen molar-refractivity contribution in [1.82, 2.24) is 15.0 Å². The number of rotatable bonds is 4. The van der Waals surface area contributed by atoms with Crippen LogP contribution in [0.2, 0.25) is 5.02 Å². The maximum atomic E-state index is 12.4. The third-order valence-electron chi connectivity index (χ3n) is 4.58. The number of halogens is 1. The molecule has 0 spiro atoms.